The molecule has 1 aromatic rings. The lowest BCUT2D eigenvalue weighted by Crippen LogP contribution is -2.45. The first kappa shape index (κ1) is 11.9. The molecule has 7 heteroatoms. The normalized spacial score (nSPS) is 16.9. The van der Waals surface area contributed by atoms with Crippen LogP contribution in [0.15, 0.2) is 11.1 Å². The first-order chi connectivity index (χ1) is 8.27. The number of aromatic nitrogens is 2. The number of nitrogen functional groups attached to an aromatic ring is 1. The molecule has 1 aliphatic heterocycles. The van der Waals surface area contributed by atoms with Crippen molar-refractivity contribution in [1.82, 2.24) is 20.2 Å². The molecule has 1 saturated heterocycles. The summed E-state index contributed by atoms with van der Waals surface area (Å²) in [7, 11) is 0. The molecular weight excluding hydrogens is 220 g/mol. The van der Waals surface area contributed by atoms with Crippen LogP contribution in [0.2, 0.25) is 0 Å². The molecular formula is C10H18N6O. The highest BCUT2D eigenvalue weighted by atomic mass is 16.1. The third-order valence-corrected chi connectivity index (χ3v) is 2.82. The predicted molar refractivity (Wildman–Crippen MR) is 67.1 cm³/mol. The summed E-state index contributed by atoms with van der Waals surface area (Å²) >= 11 is 0. The average Bonchev–Trinajstić information content (AvgIpc) is 2.36. The molecule has 0 radical (unpaired) electrons. The Hall–Kier alpha value is -1.60. The Bertz CT molecular complexity index is 412. The Morgan fingerprint density at radius 2 is 2.24 bits per heavy atom. The molecule has 0 saturated carbocycles. The van der Waals surface area contributed by atoms with E-state index in [-0.39, 0.29) is 11.2 Å². The SMILES string of the molecule is Nc1c(NCCN2CCNCC2)nc[nH]c1=O. The summed E-state index contributed by atoms with van der Waals surface area (Å²) in [5, 5.41) is 6.38. The minimum atomic E-state index is -0.301. The third kappa shape index (κ3) is 3.18. The Morgan fingerprint density at radius 3 is 3.00 bits per heavy atom. The number of piperazine rings is 1. The molecule has 0 spiro atoms. The van der Waals surface area contributed by atoms with E-state index in [1.807, 2.05) is 0 Å². The number of nitrogens with one attached hydrogen (secondary N) is 3. The summed E-state index contributed by atoms with van der Waals surface area (Å²) in [6.45, 7) is 5.84. The Morgan fingerprint density at radius 1 is 1.47 bits per heavy atom. The van der Waals surface area contributed by atoms with E-state index in [0.717, 1.165) is 39.3 Å². The van der Waals surface area contributed by atoms with Crippen LogP contribution in [-0.2, 0) is 0 Å². The molecule has 0 atom stereocenters. The molecule has 0 unspecified atom stereocenters. The zero-order chi connectivity index (χ0) is 12.1. The van der Waals surface area contributed by atoms with E-state index in [1.165, 1.54) is 6.33 Å². The molecule has 0 aliphatic carbocycles. The highest BCUT2D eigenvalue weighted by Crippen LogP contribution is 2.06. The molecule has 0 amide bonds. The number of nitrogens with zero attached hydrogens (tertiary/aromatic N) is 2. The van der Waals surface area contributed by atoms with Crippen LogP contribution in [0.3, 0.4) is 0 Å². The first-order valence-electron chi connectivity index (χ1n) is 5.77. The Balaban J connectivity index is 1.81. The summed E-state index contributed by atoms with van der Waals surface area (Å²) in [4.78, 5) is 20.0. The van der Waals surface area contributed by atoms with Crippen molar-refractivity contribution in [2.24, 2.45) is 0 Å². The fraction of sp³-hybridized carbons (Fsp3) is 0.600. The van der Waals surface area contributed by atoms with Gasteiger partial charge in [0.05, 0.1) is 6.33 Å². The summed E-state index contributed by atoms with van der Waals surface area (Å²) in [5.41, 5.74) is 5.45. The van der Waals surface area contributed by atoms with Gasteiger partial charge in [-0.3, -0.25) is 9.69 Å². The van der Waals surface area contributed by atoms with E-state index in [0.29, 0.717) is 5.82 Å². The van der Waals surface area contributed by atoms with E-state index >= 15 is 0 Å². The van der Waals surface area contributed by atoms with Gasteiger partial charge in [0.2, 0.25) is 0 Å². The number of H-pyrrole nitrogens is 1. The maximum Gasteiger partial charge on any atom is 0.276 e. The maximum absolute atomic E-state index is 11.2. The summed E-state index contributed by atoms with van der Waals surface area (Å²) in [6, 6.07) is 0. The Kier molecular flexibility index (Phi) is 3.94. The van der Waals surface area contributed by atoms with Gasteiger partial charge in [0.25, 0.3) is 5.56 Å². The van der Waals surface area contributed by atoms with Gasteiger partial charge in [-0.25, -0.2) is 4.98 Å². The van der Waals surface area contributed by atoms with Crippen LogP contribution < -0.4 is 21.9 Å². The van der Waals surface area contributed by atoms with Crippen LogP contribution in [0, 0.1) is 0 Å². The van der Waals surface area contributed by atoms with Gasteiger partial charge in [-0.2, -0.15) is 0 Å². The predicted octanol–water partition coefficient (Wildman–Crippen LogP) is -1.33. The van der Waals surface area contributed by atoms with Crippen molar-refractivity contribution in [1.29, 1.82) is 0 Å². The second kappa shape index (κ2) is 5.65. The van der Waals surface area contributed by atoms with Crippen molar-refractivity contribution >= 4 is 11.5 Å². The number of aromatic amines is 1. The minimum absolute atomic E-state index is 0.146. The molecule has 1 aromatic heterocycles. The molecule has 7 nitrogen and oxygen atoms in total. The summed E-state index contributed by atoms with van der Waals surface area (Å²) in [6.07, 6.45) is 1.35. The molecule has 5 N–H and O–H groups in total. The van der Waals surface area contributed by atoms with Crippen LogP contribution in [0.1, 0.15) is 0 Å². The van der Waals surface area contributed by atoms with Gasteiger partial charge >= 0.3 is 0 Å². The van der Waals surface area contributed by atoms with Crippen molar-refractivity contribution in [2.75, 3.05) is 50.3 Å². The largest absolute Gasteiger partial charge is 0.391 e. The van der Waals surface area contributed by atoms with E-state index in [9.17, 15) is 4.79 Å². The smallest absolute Gasteiger partial charge is 0.276 e. The quantitative estimate of drug-likeness (QED) is 0.519. The number of rotatable bonds is 4. The third-order valence-electron chi connectivity index (χ3n) is 2.82. The lowest BCUT2D eigenvalue weighted by atomic mass is 10.3. The standard InChI is InChI=1S/C10H18N6O/c11-8-9(14-7-15-10(8)17)13-3-6-16-4-1-12-2-5-16/h7,12H,1-6,11H2,(H2,13,14,15,17). The zero-order valence-electron chi connectivity index (χ0n) is 9.70. The maximum atomic E-state index is 11.2. The second-order valence-corrected chi connectivity index (χ2v) is 4.01. The van der Waals surface area contributed by atoms with Crippen molar-refractivity contribution in [3.05, 3.63) is 16.7 Å². The van der Waals surface area contributed by atoms with Gasteiger partial charge in [-0.05, 0) is 0 Å². The molecule has 17 heavy (non-hydrogen) atoms. The minimum Gasteiger partial charge on any atom is -0.391 e. The van der Waals surface area contributed by atoms with E-state index in [1.54, 1.807) is 0 Å². The van der Waals surface area contributed by atoms with Crippen LogP contribution in [0.4, 0.5) is 11.5 Å². The molecule has 1 aliphatic rings. The van der Waals surface area contributed by atoms with Gasteiger partial charge < -0.3 is 21.4 Å². The summed E-state index contributed by atoms with van der Waals surface area (Å²) in [5.74, 6) is 0.462. The van der Waals surface area contributed by atoms with Crippen molar-refractivity contribution in [2.45, 2.75) is 0 Å². The second-order valence-electron chi connectivity index (χ2n) is 4.01. The van der Waals surface area contributed by atoms with Gasteiger partial charge in [0.15, 0.2) is 5.82 Å². The number of hydrogen-bond donors (Lipinski definition) is 4. The van der Waals surface area contributed by atoms with Crippen molar-refractivity contribution < 1.29 is 0 Å². The van der Waals surface area contributed by atoms with Gasteiger partial charge in [0.1, 0.15) is 5.69 Å². The van der Waals surface area contributed by atoms with Crippen molar-refractivity contribution in [3.8, 4) is 0 Å². The van der Waals surface area contributed by atoms with Crippen LogP contribution in [-0.4, -0.2) is 54.1 Å². The monoisotopic (exact) mass is 238 g/mol. The topological polar surface area (TPSA) is 99.1 Å². The molecule has 0 aromatic carbocycles. The zero-order valence-corrected chi connectivity index (χ0v) is 9.70. The molecule has 2 rings (SSSR count). The number of anilines is 2. The van der Waals surface area contributed by atoms with Crippen LogP contribution >= 0.6 is 0 Å². The highest BCUT2D eigenvalue weighted by Gasteiger charge is 2.09. The lowest BCUT2D eigenvalue weighted by molar-refractivity contribution is 0.249. The summed E-state index contributed by atoms with van der Waals surface area (Å²) < 4.78 is 0. The average molecular weight is 238 g/mol. The lowest BCUT2D eigenvalue weighted by Gasteiger charge is -2.27. The molecule has 94 valence electrons. The van der Waals surface area contributed by atoms with Gasteiger partial charge in [-0.1, -0.05) is 0 Å². The van der Waals surface area contributed by atoms with Gasteiger partial charge in [-0.15, -0.1) is 0 Å². The molecule has 2 heterocycles. The van der Waals surface area contributed by atoms with Crippen LogP contribution in [0.5, 0.6) is 0 Å². The van der Waals surface area contributed by atoms with E-state index in [2.05, 4.69) is 25.5 Å². The first-order valence-corrected chi connectivity index (χ1v) is 5.77. The van der Waals surface area contributed by atoms with E-state index in [4.69, 9.17) is 5.73 Å². The molecule has 0 bridgehead atoms. The number of nitrogens with two attached hydrogens (primary N) is 1. The van der Waals surface area contributed by atoms with Crippen molar-refractivity contribution in [3.63, 3.8) is 0 Å². The van der Waals surface area contributed by atoms with Crippen LogP contribution in [0.25, 0.3) is 0 Å². The van der Waals surface area contributed by atoms with E-state index < -0.39 is 0 Å². The Labute approximate surface area is 99.4 Å². The fourth-order valence-corrected chi connectivity index (χ4v) is 1.82. The molecule has 1 fully saturated rings. The highest BCUT2D eigenvalue weighted by molar-refractivity contribution is 5.58. The number of hydrogen-bond acceptors (Lipinski definition) is 6. The fourth-order valence-electron chi connectivity index (χ4n) is 1.82. The van der Waals surface area contributed by atoms with Gasteiger partial charge in [0, 0.05) is 39.3 Å².